The van der Waals surface area contributed by atoms with Gasteiger partial charge in [0, 0.05) is 15.6 Å². The van der Waals surface area contributed by atoms with Gasteiger partial charge in [-0.15, -0.1) is 5.10 Å². The van der Waals surface area contributed by atoms with Crippen LogP contribution in [0.2, 0.25) is 15.2 Å². The molecule has 0 radical (unpaired) electrons. The minimum absolute atomic E-state index is 0.359. The van der Waals surface area contributed by atoms with Crippen molar-refractivity contribution in [1.29, 1.82) is 0 Å². The number of benzene rings is 2. The van der Waals surface area contributed by atoms with Crippen LogP contribution in [0.1, 0.15) is 5.56 Å². The molecule has 0 saturated carbocycles. The van der Waals surface area contributed by atoms with Gasteiger partial charge in [-0.3, -0.25) is 0 Å². The van der Waals surface area contributed by atoms with Gasteiger partial charge in [0.1, 0.15) is 22.2 Å². The standard InChI is InChI=1S/C21H13Cl3N6/c22-15-5-1-13(2-6-15)11-29-12-17(26-28-29)21-20(14-3-7-16(23)8-4-14)25-19-10-9-18(24)27-30(19)21/h1-10,12H,11H2. The Morgan fingerprint density at radius 1 is 0.800 bits per heavy atom. The minimum Gasteiger partial charge on any atom is -0.247 e. The second-order valence-corrected chi connectivity index (χ2v) is 7.93. The summed E-state index contributed by atoms with van der Waals surface area (Å²) in [6.07, 6.45) is 1.86. The largest absolute Gasteiger partial charge is 0.247 e. The summed E-state index contributed by atoms with van der Waals surface area (Å²) >= 11 is 18.2. The molecule has 5 rings (SSSR count). The van der Waals surface area contributed by atoms with Crippen LogP contribution >= 0.6 is 34.8 Å². The normalized spacial score (nSPS) is 11.3. The number of nitrogens with zero attached hydrogens (tertiary/aromatic N) is 6. The van der Waals surface area contributed by atoms with E-state index in [0.29, 0.717) is 38.8 Å². The highest BCUT2D eigenvalue weighted by Crippen LogP contribution is 2.32. The van der Waals surface area contributed by atoms with E-state index >= 15 is 0 Å². The maximum atomic E-state index is 6.15. The van der Waals surface area contributed by atoms with E-state index in [0.717, 1.165) is 16.8 Å². The molecule has 0 aliphatic heterocycles. The second kappa shape index (κ2) is 7.72. The zero-order valence-electron chi connectivity index (χ0n) is 15.4. The maximum absolute atomic E-state index is 6.15. The Kier molecular flexibility index (Phi) is 4.90. The first-order valence-corrected chi connectivity index (χ1v) is 10.2. The van der Waals surface area contributed by atoms with Crippen LogP contribution in [-0.2, 0) is 6.54 Å². The zero-order valence-corrected chi connectivity index (χ0v) is 17.6. The summed E-state index contributed by atoms with van der Waals surface area (Å²) in [6.45, 7) is 0.561. The van der Waals surface area contributed by atoms with Crippen LogP contribution in [0.5, 0.6) is 0 Å². The fourth-order valence-electron chi connectivity index (χ4n) is 3.21. The molecule has 5 aromatic rings. The number of hydrogen-bond acceptors (Lipinski definition) is 4. The van der Waals surface area contributed by atoms with Crippen molar-refractivity contribution in [2.75, 3.05) is 0 Å². The van der Waals surface area contributed by atoms with Gasteiger partial charge in [0.2, 0.25) is 0 Å². The molecular weight excluding hydrogens is 443 g/mol. The molecule has 0 amide bonds. The van der Waals surface area contributed by atoms with Crippen LogP contribution in [0, 0.1) is 0 Å². The first kappa shape index (κ1) is 19.1. The Morgan fingerprint density at radius 2 is 1.50 bits per heavy atom. The van der Waals surface area contributed by atoms with Crippen LogP contribution in [0.4, 0.5) is 0 Å². The number of imidazole rings is 1. The molecule has 9 heteroatoms. The number of halogens is 3. The third-order valence-corrected chi connectivity index (χ3v) is 5.31. The number of fused-ring (bicyclic) bond motifs is 1. The Hall–Kier alpha value is -2.93. The molecule has 148 valence electrons. The lowest BCUT2D eigenvalue weighted by Crippen LogP contribution is -2.00. The van der Waals surface area contributed by atoms with E-state index in [9.17, 15) is 0 Å². The van der Waals surface area contributed by atoms with Crippen molar-refractivity contribution < 1.29 is 0 Å². The molecule has 0 N–H and O–H groups in total. The number of aromatic nitrogens is 6. The van der Waals surface area contributed by atoms with E-state index in [4.69, 9.17) is 39.8 Å². The van der Waals surface area contributed by atoms with Crippen molar-refractivity contribution in [3.05, 3.63) is 87.6 Å². The predicted octanol–water partition coefficient (Wildman–Crippen LogP) is 5.66. The molecule has 3 heterocycles. The predicted molar refractivity (Wildman–Crippen MR) is 118 cm³/mol. The Morgan fingerprint density at radius 3 is 2.23 bits per heavy atom. The van der Waals surface area contributed by atoms with Crippen molar-refractivity contribution in [2.24, 2.45) is 0 Å². The van der Waals surface area contributed by atoms with Gasteiger partial charge >= 0.3 is 0 Å². The van der Waals surface area contributed by atoms with E-state index in [1.165, 1.54) is 0 Å². The highest BCUT2D eigenvalue weighted by molar-refractivity contribution is 6.31. The SMILES string of the molecule is Clc1ccc(Cn2cc(-c3c(-c4ccc(Cl)cc4)nc4ccc(Cl)nn34)nn2)cc1. The summed E-state index contributed by atoms with van der Waals surface area (Å²) in [5.74, 6) is 0. The first-order chi connectivity index (χ1) is 14.6. The Labute approximate surface area is 186 Å². The van der Waals surface area contributed by atoms with E-state index in [2.05, 4.69) is 15.4 Å². The molecule has 0 bridgehead atoms. The fourth-order valence-corrected chi connectivity index (χ4v) is 3.60. The lowest BCUT2D eigenvalue weighted by Gasteiger charge is -2.02. The van der Waals surface area contributed by atoms with Gasteiger partial charge < -0.3 is 0 Å². The molecule has 0 aliphatic rings. The third-order valence-electron chi connectivity index (χ3n) is 4.60. The Balaban J connectivity index is 1.61. The molecular formula is C21H13Cl3N6. The maximum Gasteiger partial charge on any atom is 0.155 e. The van der Waals surface area contributed by atoms with E-state index in [1.807, 2.05) is 60.8 Å². The molecule has 0 aliphatic carbocycles. The van der Waals surface area contributed by atoms with Crippen molar-refractivity contribution in [2.45, 2.75) is 6.54 Å². The van der Waals surface area contributed by atoms with Gasteiger partial charge in [-0.25, -0.2) is 14.2 Å². The Bertz CT molecular complexity index is 1340. The van der Waals surface area contributed by atoms with Crippen LogP contribution in [0.3, 0.4) is 0 Å². The third kappa shape index (κ3) is 3.65. The highest BCUT2D eigenvalue weighted by Gasteiger charge is 2.20. The number of rotatable bonds is 4. The monoisotopic (exact) mass is 454 g/mol. The molecule has 0 unspecified atom stereocenters. The van der Waals surface area contributed by atoms with E-state index < -0.39 is 0 Å². The van der Waals surface area contributed by atoms with Crippen molar-refractivity contribution in [1.82, 2.24) is 29.6 Å². The number of hydrogen-bond donors (Lipinski definition) is 0. The molecule has 0 fully saturated rings. The van der Waals surface area contributed by atoms with Gasteiger partial charge in [-0.05, 0) is 42.0 Å². The average molecular weight is 456 g/mol. The molecule has 0 saturated heterocycles. The summed E-state index contributed by atoms with van der Waals surface area (Å²) < 4.78 is 3.44. The lowest BCUT2D eigenvalue weighted by atomic mass is 10.1. The summed E-state index contributed by atoms with van der Waals surface area (Å²) in [5, 5.41) is 14.8. The molecule has 2 aromatic carbocycles. The lowest BCUT2D eigenvalue weighted by molar-refractivity contribution is 0.650. The smallest absolute Gasteiger partial charge is 0.155 e. The second-order valence-electron chi connectivity index (χ2n) is 6.67. The summed E-state index contributed by atoms with van der Waals surface area (Å²) in [6, 6.07) is 18.6. The summed E-state index contributed by atoms with van der Waals surface area (Å²) in [5.41, 5.74) is 4.68. The van der Waals surface area contributed by atoms with Crippen molar-refractivity contribution in [3.63, 3.8) is 0 Å². The van der Waals surface area contributed by atoms with Crippen molar-refractivity contribution >= 4 is 40.4 Å². The molecule has 6 nitrogen and oxygen atoms in total. The fraction of sp³-hybridized carbons (Fsp3) is 0.0476. The molecule has 0 atom stereocenters. The summed E-state index contributed by atoms with van der Waals surface area (Å²) in [4.78, 5) is 4.74. The van der Waals surface area contributed by atoms with Crippen LogP contribution in [0.25, 0.3) is 28.3 Å². The quantitative estimate of drug-likeness (QED) is 0.351. The zero-order chi connectivity index (χ0) is 20.7. The van der Waals surface area contributed by atoms with E-state index in [1.54, 1.807) is 15.3 Å². The molecule has 3 aromatic heterocycles. The van der Waals surface area contributed by atoms with Crippen LogP contribution in [-0.4, -0.2) is 29.6 Å². The van der Waals surface area contributed by atoms with Gasteiger partial charge in [0.25, 0.3) is 0 Å². The van der Waals surface area contributed by atoms with Crippen LogP contribution in [0.15, 0.2) is 66.9 Å². The minimum atomic E-state index is 0.359. The van der Waals surface area contributed by atoms with Gasteiger partial charge in [0.15, 0.2) is 5.65 Å². The van der Waals surface area contributed by atoms with E-state index in [-0.39, 0.29) is 0 Å². The van der Waals surface area contributed by atoms with Gasteiger partial charge in [0.05, 0.1) is 12.7 Å². The average Bonchev–Trinajstić information content (AvgIpc) is 3.34. The molecule has 0 spiro atoms. The van der Waals surface area contributed by atoms with Gasteiger partial charge in [-0.1, -0.05) is 64.3 Å². The van der Waals surface area contributed by atoms with Crippen molar-refractivity contribution in [3.8, 4) is 22.6 Å². The highest BCUT2D eigenvalue weighted by atomic mass is 35.5. The first-order valence-electron chi connectivity index (χ1n) is 9.03. The molecule has 30 heavy (non-hydrogen) atoms. The summed E-state index contributed by atoms with van der Waals surface area (Å²) in [7, 11) is 0. The topological polar surface area (TPSA) is 60.9 Å². The van der Waals surface area contributed by atoms with Crippen LogP contribution < -0.4 is 0 Å². The van der Waals surface area contributed by atoms with Gasteiger partial charge in [-0.2, -0.15) is 5.10 Å².